The third-order valence-electron chi connectivity index (χ3n) is 1.99. The van der Waals surface area contributed by atoms with Gasteiger partial charge in [-0.2, -0.15) is 24.4 Å². The molecule has 0 aromatic heterocycles. The van der Waals surface area contributed by atoms with Gasteiger partial charge in [0.25, 0.3) is 0 Å². The second-order valence-electron chi connectivity index (χ2n) is 4.56. The van der Waals surface area contributed by atoms with Crippen LogP contribution in [0, 0.1) is 17.2 Å². The van der Waals surface area contributed by atoms with Crippen molar-refractivity contribution in [2.24, 2.45) is 5.92 Å². The van der Waals surface area contributed by atoms with Crippen LogP contribution in [0.4, 0.5) is 0 Å². The predicted molar refractivity (Wildman–Crippen MR) is 147 cm³/mol. The second kappa shape index (κ2) is 76.7. The van der Waals surface area contributed by atoms with Gasteiger partial charge in [0.15, 0.2) is 0 Å². The first-order chi connectivity index (χ1) is 16.3. The number of alkyl halides is 1. The molecule has 0 bridgehead atoms. The maximum Gasteiger partial charge on any atom is 0.373 e. The number of nitrogens with zero attached hydrogens (tertiary/aromatic N) is 1. The second-order valence-corrected chi connectivity index (χ2v) is 7.65. The molecule has 0 aliphatic rings. The van der Waals surface area contributed by atoms with Gasteiger partial charge in [-0.3, -0.25) is 4.79 Å². The summed E-state index contributed by atoms with van der Waals surface area (Å²) in [6.45, 7) is 21.1. The molecule has 3 unspecified atom stereocenters. The molecular weight excluding hydrogens is 557 g/mol. The lowest BCUT2D eigenvalue weighted by Crippen LogP contribution is -1.95. The standard InChI is InChI=1S/C5H9Cl.C5H7N.C5H10O.C3H4O.C2H6O.2CO2.CH4.Cl2OS/c1-3-5(6)4-2;1-3-5(2)4-6;1-3-5(6)4-2;1-2-3-4;1-2-3;2*2-1-3;;1-4(2)3/h3,5H,1,4H2,2H3;3,5H,1H2,2H3;3,5-6H,1,4H2,2H3;2-3H,1H2;3H,2H2,1H3;;;1H4;. The molecule has 9 nitrogen and oxygen atoms in total. The van der Waals surface area contributed by atoms with Gasteiger partial charge in [0.2, 0.25) is 9.23 Å². The maximum absolute atomic E-state index is 9.09. The van der Waals surface area contributed by atoms with E-state index in [1.54, 1.807) is 26.0 Å². The summed E-state index contributed by atoms with van der Waals surface area (Å²) in [5.74, 6) is 0.00463. The molecule has 0 saturated heterocycles. The number of nitriles is 1. The number of hydrogen-bond donors (Lipinski definition) is 2. The Hall–Kier alpha value is -2.18. The summed E-state index contributed by atoms with van der Waals surface area (Å²) in [6, 6.07) is 2.00. The van der Waals surface area contributed by atoms with Crippen molar-refractivity contribution in [1.82, 2.24) is 0 Å². The van der Waals surface area contributed by atoms with Gasteiger partial charge in [-0.05, 0) is 32.8 Å². The minimum absolute atomic E-state index is 0. The highest BCUT2D eigenvalue weighted by atomic mass is 36.0. The van der Waals surface area contributed by atoms with Gasteiger partial charge in [-0.1, -0.05) is 46.1 Å². The Labute approximate surface area is 232 Å². The molecule has 0 aliphatic carbocycles. The van der Waals surface area contributed by atoms with E-state index >= 15 is 0 Å². The van der Waals surface area contributed by atoms with Gasteiger partial charge in [0, 0.05) is 28.0 Å². The van der Waals surface area contributed by atoms with Crippen molar-refractivity contribution in [3.63, 3.8) is 0 Å². The summed E-state index contributed by atoms with van der Waals surface area (Å²) < 4.78 is 9.09. The van der Waals surface area contributed by atoms with Crippen LogP contribution in [-0.4, -0.2) is 51.1 Å². The Morgan fingerprint density at radius 2 is 1.22 bits per heavy atom. The first-order valence-electron chi connectivity index (χ1n) is 9.31. The lowest BCUT2D eigenvalue weighted by molar-refractivity contribution is -0.193. The molecule has 212 valence electrons. The van der Waals surface area contributed by atoms with Crippen LogP contribution >= 0.6 is 33.0 Å². The zero-order valence-corrected chi connectivity index (χ0v) is 23.5. The van der Waals surface area contributed by atoms with Crippen molar-refractivity contribution in [1.29, 1.82) is 5.26 Å². The quantitative estimate of drug-likeness (QED) is 0.135. The van der Waals surface area contributed by atoms with Crippen LogP contribution in [0.5, 0.6) is 0 Å². The molecule has 0 aliphatic heterocycles. The lowest BCUT2D eigenvalue weighted by Gasteiger charge is -1.93. The van der Waals surface area contributed by atoms with Crippen molar-refractivity contribution in [2.45, 2.75) is 59.4 Å². The van der Waals surface area contributed by atoms with Crippen LogP contribution in [0.25, 0.3) is 0 Å². The average Bonchev–Trinajstić information content (AvgIpc) is 2.84. The van der Waals surface area contributed by atoms with Gasteiger partial charge in [-0.25, -0.2) is 4.21 Å². The van der Waals surface area contributed by atoms with E-state index in [9.17, 15) is 0 Å². The highest BCUT2D eigenvalue weighted by Gasteiger charge is 1.87. The predicted octanol–water partition coefficient (Wildman–Crippen LogP) is 5.35. The molecule has 0 aromatic rings. The van der Waals surface area contributed by atoms with Crippen LogP contribution in [0.15, 0.2) is 50.6 Å². The Morgan fingerprint density at radius 1 is 0.944 bits per heavy atom. The van der Waals surface area contributed by atoms with E-state index in [4.69, 9.17) is 55.3 Å². The molecule has 0 saturated carbocycles. The summed E-state index contributed by atoms with van der Waals surface area (Å²) in [6.07, 6.45) is 8.65. The summed E-state index contributed by atoms with van der Waals surface area (Å²) in [5.41, 5.74) is 0. The van der Waals surface area contributed by atoms with E-state index in [1.807, 2.05) is 19.9 Å². The number of aldehydes is 1. The van der Waals surface area contributed by atoms with E-state index in [0.29, 0.717) is 6.29 Å². The Balaban J connectivity index is -0.0000000335. The third-order valence-corrected chi connectivity index (χ3v) is 2.48. The van der Waals surface area contributed by atoms with Crippen LogP contribution in [-0.2, 0) is 33.2 Å². The topological polar surface area (TPSA) is 167 Å². The minimum atomic E-state index is -1.67. The molecule has 0 radical (unpaired) electrons. The molecular formula is C23H40Cl3NO8S. The number of carbonyl (C=O) groups excluding carboxylic acids is 5. The molecule has 0 fully saturated rings. The monoisotopic (exact) mass is 595 g/mol. The van der Waals surface area contributed by atoms with E-state index < -0.39 is 9.23 Å². The molecule has 36 heavy (non-hydrogen) atoms. The highest BCUT2D eigenvalue weighted by Crippen LogP contribution is 1.99. The smallest absolute Gasteiger partial charge is 0.373 e. The fraction of sp³-hybridized carbons (Fsp3) is 0.478. The minimum Gasteiger partial charge on any atom is -0.397 e. The molecule has 0 aromatic carbocycles. The van der Waals surface area contributed by atoms with Crippen molar-refractivity contribution >= 4 is 60.8 Å². The summed E-state index contributed by atoms with van der Waals surface area (Å²) in [7, 11) is 7.36. The van der Waals surface area contributed by atoms with E-state index in [0.717, 1.165) is 12.8 Å². The molecule has 0 spiro atoms. The Kier molecular flexibility index (Phi) is 126. The number of rotatable bonds is 6. The van der Waals surface area contributed by atoms with Gasteiger partial charge in [0.05, 0.1) is 23.5 Å². The number of allylic oxidation sites excluding steroid dienone is 3. The normalized spacial score (nSPS) is 9.03. The Bertz CT molecular complexity index is 552. The number of carbonyl (C=O) groups is 1. The van der Waals surface area contributed by atoms with Crippen LogP contribution in [0.2, 0.25) is 0 Å². The van der Waals surface area contributed by atoms with Crippen molar-refractivity contribution < 1.29 is 38.4 Å². The van der Waals surface area contributed by atoms with Crippen LogP contribution in [0.3, 0.4) is 0 Å². The zero-order chi connectivity index (χ0) is 30.1. The molecule has 3 atom stereocenters. The van der Waals surface area contributed by atoms with Crippen molar-refractivity contribution in [3.05, 3.63) is 50.6 Å². The number of hydrogen-bond acceptors (Lipinski definition) is 9. The largest absolute Gasteiger partial charge is 0.397 e. The van der Waals surface area contributed by atoms with Gasteiger partial charge in [0.1, 0.15) is 6.29 Å². The number of aliphatic hydroxyl groups excluding tert-OH is 2. The number of aliphatic hydroxyl groups is 2. The Morgan fingerprint density at radius 3 is 1.22 bits per heavy atom. The number of halogens is 3. The fourth-order valence-electron chi connectivity index (χ4n) is 0.386. The molecule has 2 N–H and O–H groups in total. The van der Waals surface area contributed by atoms with E-state index in [1.165, 1.54) is 12.2 Å². The van der Waals surface area contributed by atoms with Crippen molar-refractivity contribution in [3.8, 4) is 6.07 Å². The van der Waals surface area contributed by atoms with Gasteiger partial charge in [-0.15, -0.1) is 31.3 Å². The van der Waals surface area contributed by atoms with E-state index in [-0.39, 0.29) is 43.7 Å². The summed E-state index contributed by atoms with van der Waals surface area (Å²) >= 11 is 5.53. The van der Waals surface area contributed by atoms with Crippen molar-refractivity contribution in [2.75, 3.05) is 6.61 Å². The van der Waals surface area contributed by atoms with Gasteiger partial charge >= 0.3 is 12.3 Å². The first kappa shape index (κ1) is 59.1. The fourth-order valence-corrected chi connectivity index (χ4v) is 0.386. The SMILES string of the molecule is C.C=CC(C)C#N.C=CC(Cl)CC.C=CC(O)CC.C=CC=O.CCO.O=C=O.O=C=O.O=S(Cl)Cl. The van der Waals surface area contributed by atoms with E-state index in [2.05, 4.69) is 47.7 Å². The molecule has 0 heterocycles. The average molecular weight is 597 g/mol. The maximum atomic E-state index is 9.09. The third kappa shape index (κ3) is 258. The van der Waals surface area contributed by atoms with Gasteiger partial charge < -0.3 is 10.2 Å². The molecule has 13 heteroatoms. The zero-order valence-electron chi connectivity index (χ0n) is 20.4. The molecule has 0 amide bonds. The summed E-state index contributed by atoms with van der Waals surface area (Å²) in [4.78, 5) is 41.6. The van der Waals surface area contributed by atoms with Crippen LogP contribution < -0.4 is 0 Å². The van der Waals surface area contributed by atoms with Crippen LogP contribution in [0.1, 0.15) is 48.0 Å². The molecule has 0 rings (SSSR count). The lowest BCUT2D eigenvalue weighted by atomic mass is 10.2. The first-order valence-corrected chi connectivity index (χ1v) is 12.6. The summed E-state index contributed by atoms with van der Waals surface area (Å²) in [5, 5.41) is 24.3. The highest BCUT2D eigenvalue weighted by molar-refractivity contribution is 8.26.